The Morgan fingerprint density at radius 3 is 2.53 bits per heavy atom. The van der Waals surface area contributed by atoms with E-state index in [1.807, 2.05) is 43.5 Å². The van der Waals surface area contributed by atoms with Crippen molar-refractivity contribution in [2.45, 2.75) is 13.0 Å². The Morgan fingerprint density at radius 2 is 1.88 bits per heavy atom. The van der Waals surface area contributed by atoms with Gasteiger partial charge >= 0.3 is 0 Å². The number of benzene rings is 2. The third-order valence-electron chi connectivity index (χ3n) is 5.65. The average molecular weight is 434 g/mol. The lowest BCUT2D eigenvalue weighted by Gasteiger charge is -2.25. The molecule has 1 aliphatic rings. The van der Waals surface area contributed by atoms with Gasteiger partial charge in [0, 0.05) is 51.2 Å². The largest absolute Gasteiger partial charge is 0.378 e. The minimum Gasteiger partial charge on any atom is -0.378 e. The summed E-state index contributed by atoms with van der Waals surface area (Å²) < 4.78 is 14.9. The monoisotopic (exact) mass is 433 g/mol. The molecule has 0 fully saturated rings. The van der Waals surface area contributed by atoms with Gasteiger partial charge in [0.25, 0.3) is 0 Å². The molecule has 2 heterocycles. The van der Waals surface area contributed by atoms with Crippen LogP contribution in [0.1, 0.15) is 17.5 Å². The third kappa shape index (κ3) is 5.42. The molecule has 0 saturated heterocycles. The molecule has 32 heavy (non-hydrogen) atoms. The number of aromatic nitrogens is 2. The molecule has 4 rings (SSSR count). The Morgan fingerprint density at radius 1 is 1.12 bits per heavy atom. The van der Waals surface area contributed by atoms with Crippen molar-refractivity contribution in [3.05, 3.63) is 83.9 Å². The maximum atomic E-state index is 13.1. The van der Waals surface area contributed by atoms with E-state index in [0.717, 1.165) is 42.0 Å². The molecule has 0 unspecified atom stereocenters. The highest BCUT2D eigenvalue weighted by Crippen LogP contribution is 2.23. The van der Waals surface area contributed by atoms with Gasteiger partial charge in [-0.05, 0) is 54.0 Å². The van der Waals surface area contributed by atoms with Crippen LogP contribution in [0.25, 0.3) is 11.3 Å². The molecule has 166 valence electrons. The minimum atomic E-state index is -0.262. The molecule has 1 N–H and O–H groups in total. The SMILES string of the molecule is CN(C)c1ccc(CNC(=O)CN2CC=C(c3cnn(-c4ccc(F)cc4)c3)CC2)cc1. The van der Waals surface area contributed by atoms with Crippen LogP contribution in [0.4, 0.5) is 10.1 Å². The molecule has 0 bridgehead atoms. The number of carbonyl (C=O) groups is 1. The van der Waals surface area contributed by atoms with E-state index < -0.39 is 0 Å². The van der Waals surface area contributed by atoms with Crippen LogP contribution in [0.5, 0.6) is 0 Å². The lowest BCUT2D eigenvalue weighted by Crippen LogP contribution is -2.39. The van der Waals surface area contributed by atoms with Crippen molar-refractivity contribution in [1.82, 2.24) is 20.0 Å². The van der Waals surface area contributed by atoms with Crippen LogP contribution >= 0.6 is 0 Å². The average Bonchev–Trinajstić information content (AvgIpc) is 3.29. The minimum absolute atomic E-state index is 0.0302. The summed E-state index contributed by atoms with van der Waals surface area (Å²) in [5.41, 5.74) is 5.32. The van der Waals surface area contributed by atoms with E-state index in [4.69, 9.17) is 0 Å². The predicted octanol–water partition coefficient (Wildman–Crippen LogP) is 3.48. The summed E-state index contributed by atoms with van der Waals surface area (Å²) in [5.74, 6) is -0.231. The lowest BCUT2D eigenvalue weighted by molar-refractivity contribution is -0.122. The van der Waals surface area contributed by atoms with Crippen LogP contribution in [0.15, 0.2) is 67.0 Å². The van der Waals surface area contributed by atoms with Crippen molar-refractivity contribution < 1.29 is 9.18 Å². The Labute approximate surface area is 188 Å². The van der Waals surface area contributed by atoms with E-state index in [0.29, 0.717) is 13.1 Å². The fourth-order valence-electron chi connectivity index (χ4n) is 3.71. The molecule has 0 atom stereocenters. The number of hydrogen-bond donors (Lipinski definition) is 1. The Kier molecular flexibility index (Phi) is 6.66. The number of nitrogens with zero attached hydrogens (tertiary/aromatic N) is 4. The molecule has 3 aromatic rings. The summed E-state index contributed by atoms with van der Waals surface area (Å²) in [6.45, 7) is 2.46. The topological polar surface area (TPSA) is 53.4 Å². The van der Waals surface area contributed by atoms with Gasteiger partial charge in [-0.25, -0.2) is 9.07 Å². The maximum absolute atomic E-state index is 13.1. The zero-order valence-corrected chi connectivity index (χ0v) is 18.5. The summed E-state index contributed by atoms with van der Waals surface area (Å²) in [4.78, 5) is 16.6. The standard InChI is InChI=1S/C25H28FN5O/c1-29(2)23-7-3-19(4-8-23)15-27-25(32)18-30-13-11-20(12-14-30)21-16-28-31(17-21)24-9-5-22(26)6-10-24/h3-11,16-17H,12-15,18H2,1-2H3,(H,27,32). The van der Waals surface area contributed by atoms with Crippen molar-refractivity contribution in [3.63, 3.8) is 0 Å². The molecule has 0 spiro atoms. The number of anilines is 1. The Hall–Kier alpha value is -3.45. The summed E-state index contributed by atoms with van der Waals surface area (Å²) >= 11 is 0. The van der Waals surface area contributed by atoms with E-state index in [1.165, 1.54) is 17.7 Å². The lowest BCUT2D eigenvalue weighted by atomic mass is 10.0. The number of nitrogens with one attached hydrogen (secondary N) is 1. The highest BCUT2D eigenvalue weighted by Gasteiger charge is 2.17. The molecule has 0 saturated carbocycles. The van der Waals surface area contributed by atoms with Crippen LogP contribution in [-0.2, 0) is 11.3 Å². The van der Waals surface area contributed by atoms with Crippen LogP contribution in [0.2, 0.25) is 0 Å². The molecule has 2 aromatic carbocycles. The van der Waals surface area contributed by atoms with Gasteiger partial charge in [-0.1, -0.05) is 18.2 Å². The number of carbonyl (C=O) groups excluding carboxylic acids is 1. The molecule has 1 amide bonds. The molecular weight excluding hydrogens is 405 g/mol. The second kappa shape index (κ2) is 9.78. The first-order valence-electron chi connectivity index (χ1n) is 10.7. The van der Waals surface area contributed by atoms with E-state index in [9.17, 15) is 9.18 Å². The van der Waals surface area contributed by atoms with Crippen molar-refractivity contribution >= 4 is 17.2 Å². The van der Waals surface area contributed by atoms with Gasteiger partial charge in [0.05, 0.1) is 18.4 Å². The Bertz CT molecular complexity index is 1090. The van der Waals surface area contributed by atoms with Gasteiger partial charge in [0.2, 0.25) is 5.91 Å². The summed E-state index contributed by atoms with van der Waals surface area (Å²) in [5, 5.41) is 7.41. The predicted molar refractivity (Wildman–Crippen MR) is 125 cm³/mol. The summed E-state index contributed by atoms with van der Waals surface area (Å²) in [6, 6.07) is 14.5. The van der Waals surface area contributed by atoms with Crippen molar-refractivity contribution in [3.8, 4) is 5.69 Å². The van der Waals surface area contributed by atoms with Crippen LogP contribution in [0.3, 0.4) is 0 Å². The molecular formula is C25H28FN5O. The number of amides is 1. The second-order valence-corrected chi connectivity index (χ2v) is 8.20. The summed E-state index contributed by atoms with van der Waals surface area (Å²) in [7, 11) is 4.01. The van der Waals surface area contributed by atoms with Crippen molar-refractivity contribution in [1.29, 1.82) is 0 Å². The van der Waals surface area contributed by atoms with Crippen molar-refractivity contribution in [2.75, 3.05) is 38.6 Å². The van der Waals surface area contributed by atoms with Gasteiger partial charge in [0.1, 0.15) is 5.82 Å². The number of halogens is 1. The molecule has 6 nitrogen and oxygen atoms in total. The first kappa shape index (κ1) is 21.8. The van der Waals surface area contributed by atoms with E-state index in [1.54, 1.807) is 16.8 Å². The van der Waals surface area contributed by atoms with E-state index in [-0.39, 0.29) is 11.7 Å². The molecule has 0 radical (unpaired) electrons. The zero-order chi connectivity index (χ0) is 22.5. The van der Waals surface area contributed by atoms with E-state index >= 15 is 0 Å². The van der Waals surface area contributed by atoms with Crippen LogP contribution in [-0.4, -0.2) is 54.3 Å². The highest BCUT2D eigenvalue weighted by atomic mass is 19.1. The Balaban J connectivity index is 1.27. The molecule has 0 aliphatic carbocycles. The van der Waals surface area contributed by atoms with E-state index in [2.05, 4.69) is 33.5 Å². The first-order chi connectivity index (χ1) is 15.5. The maximum Gasteiger partial charge on any atom is 0.234 e. The smallest absolute Gasteiger partial charge is 0.234 e. The normalized spacial score (nSPS) is 14.2. The van der Waals surface area contributed by atoms with Gasteiger partial charge in [0.15, 0.2) is 0 Å². The fourth-order valence-corrected chi connectivity index (χ4v) is 3.71. The van der Waals surface area contributed by atoms with Crippen LogP contribution < -0.4 is 10.2 Å². The number of rotatable bonds is 7. The van der Waals surface area contributed by atoms with Crippen molar-refractivity contribution in [2.24, 2.45) is 0 Å². The number of hydrogen-bond acceptors (Lipinski definition) is 4. The van der Waals surface area contributed by atoms with Gasteiger partial charge in [-0.3, -0.25) is 9.69 Å². The molecule has 1 aromatic heterocycles. The quantitative estimate of drug-likeness (QED) is 0.620. The highest BCUT2D eigenvalue weighted by molar-refractivity contribution is 5.78. The summed E-state index contributed by atoms with van der Waals surface area (Å²) in [6.07, 6.45) is 6.80. The first-order valence-corrected chi connectivity index (χ1v) is 10.7. The molecule has 1 aliphatic heterocycles. The van der Waals surface area contributed by atoms with Gasteiger partial charge < -0.3 is 10.2 Å². The fraction of sp³-hybridized carbons (Fsp3) is 0.280. The molecule has 7 heteroatoms. The third-order valence-corrected chi connectivity index (χ3v) is 5.65. The second-order valence-electron chi connectivity index (χ2n) is 8.20. The van der Waals surface area contributed by atoms with Gasteiger partial charge in [-0.15, -0.1) is 0 Å². The van der Waals surface area contributed by atoms with Gasteiger partial charge in [-0.2, -0.15) is 5.10 Å². The zero-order valence-electron chi connectivity index (χ0n) is 18.5. The van der Waals surface area contributed by atoms with Crippen LogP contribution in [0, 0.1) is 5.82 Å².